The zero-order chi connectivity index (χ0) is 18.4. The zero-order valence-corrected chi connectivity index (χ0v) is 15.8. The number of para-hydroxylation sites is 1. The monoisotopic (exact) mass is 387 g/mol. The summed E-state index contributed by atoms with van der Waals surface area (Å²) in [5, 5.41) is 4.63. The van der Waals surface area contributed by atoms with Crippen molar-refractivity contribution in [3.63, 3.8) is 0 Å². The number of nitrogens with one attached hydrogen (secondary N) is 1. The van der Waals surface area contributed by atoms with Crippen LogP contribution in [0, 0.1) is 0 Å². The minimum Gasteiger partial charge on any atom is -0.495 e. The second-order valence-corrected chi connectivity index (χ2v) is 6.51. The summed E-state index contributed by atoms with van der Waals surface area (Å²) in [6, 6.07) is 21.2. The van der Waals surface area contributed by atoms with E-state index in [1.807, 2.05) is 66.7 Å². The predicted octanol–water partition coefficient (Wildman–Crippen LogP) is 6.19. The van der Waals surface area contributed by atoms with Crippen LogP contribution in [-0.4, -0.2) is 7.11 Å². The van der Waals surface area contributed by atoms with Crippen LogP contribution < -0.4 is 14.8 Å². The molecule has 0 amide bonds. The topological polar surface area (TPSA) is 30.5 Å². The number of halogens is 2. The van der Waals surface area contributed by atoms with Crippen molar-refractivity contribution < 1.29 is 9.47 Å². The first-order chi connectivity index (χ1) is 12.7. The third kappa shape index (κ3) is 4.63. The molecular formula is C21H19Cl2NO2. The van der Waals surface area contributed by atoms with Crippen LogP contribution >= 0.6 is 23.2 Å². The third-order valence-corrected chi connectivity index (χ3v) is 4.61. The maximum atomic E-state index is 6.20. The molecule has 3 aromatic rings. The lowest BCUT2D eigenvalue weighted by Gasteiger charge is -2.14. The molecule has 0 spiro atoms. The Hall–Kier alpha value is -2.36. The van der Waals surface area contributed by atoms with Gasteiger partial charge in [0.15, 0.2) is 0 Å². The Morgan fingerprint density at radius 2 is 1.54 bits per heavy atom. The summed E-state index contributed by atoms with van der Waals surface area (Å²) in [5.74, 6) is 1.47. The van der Waals surface area contributed by atoms with Gasteiger partial charge in [0.1, 0.15) is 18.1 Å². The Kier molecular flexibility index (Phi) is 6.26. The lowest BCUT2D eigenvalue weighted by molar-refractivity contribution is 0.303. The molecule has 0 bridgehead atoms. The number of benzene rings is 3. The smallest absolute Gasteiger partial charge is 0.137 e. The molecule has 0 saturated carbocycles. The molecule has 0 saturated heterocycles. The molecule has 0 atom stereocenters. The van der Waals surface area contributed by atoms with Crippen molar-refractivity contribution in [2.75, 3.05) is 12.4 Å². The van der Waals surface area contributed by atoms with E-state index < -0.39 is 0 Å². The normalized spacial score (nSPS) is 10.4. The molecule has 0 radical (unpaired) electrons. The van der Waals surface area contributed by atoms with E-state index in [0.29, 0.717) is 28.9 Å². The van der Waals surface area contributed by atoms with Crippen LogP contribution in [0.3, 0.4) is 0 Å². The van der Waals surface area contributed by atoms with Gasteiger partial charge in [-0.15, -0.1) is 0 Å². The number of hydrogen-bond donors (Lipinski definition) is 1. The molecule has 0 aliphatic rings. The van der Waals surface area contributed by atoms with Crippen LogP contribution in [0.5, 0.6) is 11.5 Å². The fourth-order valence-corrected chi connectivity index (χ4v) is 2.98. The van der Waals surface area contributed by atoms with Crippen LogP contribution in [0.15, 0.2) is 66.7 Å². The second-order valence-electron chi connectivity index (χ2n) is 5.69. The summed E-state index contributed by atoms with van der Waals surface area (Å²) < 4.78 is 11.2. The molecule has 5 heteroatoms. The van der Waals surface area contributed by atoms with Crippen molar-refractivity contribution in [2.45, 2.75) is 13.2 Å². The Labute approximate surface area is 163 Å². The summed E-state index contributed by atoms with van der Waals surface area (Å²) in [5.41, 5.74) is 2.92. The molecule has 0 aliphatic heterocycles. The molecule has 3 nitrogen and oxygen atoms in total. The molecule has 0 fully saturated rings. The summed E-state index contributed by atoms with van der Waals surface area (Å²) in [6.45, 7) is 1.03. The molecule has 0 aliphatic carbocycles. The van der Waals surface area contributed by atoms with Crippen molar-refractivity contribution >= 4 is 28.9 Å². The van der Waals surface area contributed by atoms with Gasteiger partial charge in [-0.25, -0.2) is 0 Å². The first-order valence-corrected chi connectivity index (χ1v) is 8.94. The van der Waals surface area contributed by atoms with Crippen LogP contribution in [-0.2, 0) is 13.2 Å². The van der Waals surface area contributed by atoms with Crippen molar-refractivity contribution in [2.24, 2.45) is 0 Å². The van der Waals surface area contributed by atoms with Gasteiger partial charge in [0.25, 0.3) is 0 Å². The van der Waals surface area contributed by atoms with Crippen LogP contribution in [0.2, 0.25) is 10.0 Å². The van der Waals surface area contributed by atoms with Crippen molar-refractivity contribution in [3.05, 3.63) is 87.9 Å². The Morgan fingerprint density at radius 3 is 2.27 bits per heavy atom. The maximum absolute atomic E-state index is 6.20. The van der Waals surface area contributed by atoms with E-state index >= 15 is 0 Å². The SMILES string of the molecule is COc1ccc(NCc2ccccc2OCc2ccccc2Cl)cc1Cl. The van der Waals surface area contributed by atoms with Gasteiger partial charge in [0, 0.05) is 28.4 Å². The van der Waals surface area contributed by atoms with Crippen molar-refractivity contribution in [1.82, 2.24) is 0 Å². The lowest BCUT2D eigenvalue weighted by Crippen LogP contribution is -2.04. The average Bonchev–Trinajstić information content (AvgIpc) is 2.66. The highest BCUT2D eigenvalue weighted by Gasteiger charge is 2.06. The largest absolute Gasteiger partial charge is 0.495 e. The summed E-state index contributed by atoms with van der Waals surface area (Å²) in [6.07, 6.45) is 0. The van der Waals surface area contributed by atoms with Gasteiger partial charge in [0.05, 0.1) is 12.1 Å². The lowest BCUT2D eigenvalue weighted by atomic mass is 10.2. The van der Waals surface area contributed by atoms with Crippen molar-refractivity contribution in [1.29, 1.82) is 0 Å². The van der Waals surface area contributed by atoms with E-state index in [2.05, 4.69) is 5.32 Å². The van der Waals surface area contributed by atoms with Crippen LogP contribution in [0.4, 0.5) is 5.69 Å². The minimum absolute atomic E-state index is 0.422. The zero-order valence-electron chi connectivity index (χ0n) is 14.3. The Bertz CT molecular complexity index is 883. The number of ether oxygens (including phenoxy) is 2. The van der Waals surface area contributed by atoms with E-state index in [1.165, 1.54) is 0 Å². The van der Waals surface area contributed by atoms with Gasteiger partial charge in [-0.3, -0.25) is 0 Å². The van der Waals surface area contributed by atoms with Gasteiger partial charge in [-0.05, 0) is 30.3 Å². The van der Waals surface area contributed by atoms with Gasteiger partial charge in [-0.2, -0.15) is 0 Å². The molecular weight excluding hydrogens is 369 g/mol. The van der Waals surface area contributed by atoms with Crippen LogP contribution in [0.25, 0.3) is 0 Å². The second kappa shape index (κ2) is 8.84. The summed E-state index contributed by atoms with van der Waals surface area (Å²) in [4.78, 5) is 0. The Morgan fingerprint density at radius 1 is 0.808 bits per heavy atom. The highest BCUT2D eigenvalue weighted by atomic mass is 35.5. The minimum atomic E-state index is 0.422. The van der Waals surface area contributed by atoms with Gasteiger partial charge < -0.3 is 14.8 Å². The predicted molar refractivity (Wildman–Crippen MR) is 108 cm³/mol. The van der Waals surface area contributed by atoms with E-state index in [0.717, 1.165) is 22.6 Å². The van der Waals surface area contributed by atoms with Gasteiger partial charge >= 0.3 is 0 Å². The van der Waals surface area contributed by atoms with E-state index in [-0.39, 0.29) is 0 Å². The third-order valence-electron chi connectivity index (χ3n) is 3.95. The maximum Gasteiger partial charge on any atom is 0.137 e. The van der Waals surface area contributed by atoms with E-state index in [9.17, 15) is 0 Å². The number of rotatable bonds is 7. The van der Waals surface area contributed by atoms with Gasteiger partial charge in [-0.1, -0.05) is 59.6 Å². The fourth-order valence-electron chi connectivity index (χ4n) is 2.54. The first-order valence-electron chi connectivity index (χ1n) is 8.19. The number of anilines is 1. The molecule has 0 unspecified atom stereocenters. The molecule has 3 aromatic carbocycles. The molecule has 26 heavy (non-hydrogen) atoms. The highest BCUT2D eigenvalue weighted by Crippen LogP contribution is 2.28. The van der Waals surface area contributed by atoms with Gasteiger partial charge in [0.2, 0.25) is 0 Å². The highest BCUT2D eigenvalue weighted by molar-refractivity contribution is 6.32. The van der Waals surface area contributed by atoms with Crippen molar-refractivity contribution in [3.8, 4) is 11.5 Å². The van der Waals surface area contributed by atoms with E-state index in [4.69, 9.17) is 32.7 Å². The molecule has 0 heterocycles. The van der Waals surface area contributed by atoms with E-state index in [1.54, 1.807) is 7.11 Å². The number of hydrogen-bond acceptors (Lipinski definition) is 3. The quantitative estimate of drug-likeness (QED) is 0.523. The van der Waals surface area contributed by atoms with Crippen LogP contribution in [0.1, 0.15) is 11.1 Å². The molecule has 3 rings (SSSR count). The average molecular weight is 388 g/mol. The number of methoxy groups -OCH3 is 1. The standard InChI is InChI=1S/C21H19Cl2NO2/c1-25-21-11-10-17(12-19(21)23)24-13-15-6-3-5-9-20(15)26-14-16-7-2-4-8-18(16)22/h2-12,24H,13-14H2,1H3. The summed E-state index contributed by atoms with van der Waals surface area (Å²) >= 11 is 12.4. The fraction of sp³-hybridized carbons (Fsp3) is 0.143. The first kappa shape index (κ1) is 18.4. The molecule has 0 aromatic heterocycles. The molecule has 134 valence electrons. The summed E-state index contributed by atoms with van der Waals surface area (Å²) in [7, 11) is 1.60. The Balaban J connectivity index is 1.67. The molecule has 1 N–H and O–H groups in total.